The Morgan fingerprint density at radius 1 is 1.15 bits per heavy atom. The zero-order valence-electron chi connectivity index (χ0n) is 15.3. The third-order valence-corrected chi connectivity index (χ3v) is 5.19. The van der Waals surface area contributed by atoms with E-state index in [9.17, 15) is 0 Å². The SMILES string of the molecule is Cc1ccnc2c1OCC/C2=N/NC(=S)N1CCN(c2ccncc2)CC1. The van der Waals surface area contributed by atoms with Crippen molar-refractivity contribution in [3.8, 4) is 5.75 Å². The standard InChI is InChI=1S/C19H22N6OS/c1-14-2-8-21-17-16(5-13-26-18(14)17)22-23-19(27)25-11-9-24(10-12-25)15-3-6-20-7-4-15/h2-4,6-8H,5,9-13H2,1H3,(H,23,27)/b22-16-. The number of hydrogen-bond acceptors (Lipinski definition) is 6. The van der Waals surface area contributed by atoms with E-state index in [2.05, 4.69) is 30.3 Å². The first-order valence-electron chi connectivity index (χ1n) is 9.07. The predicted octanol–water partition coefficient (Wildman–Crippen LogP) is 1.97. The summed E-state index contributed by atoms with van der Waals surface area (Å²) in [5.74, 6) is 0.821. The molecule has 2 aliphatic heterocycles. The Morgan fingerprint density at radius 2 is 1.93 bits per heavy atom. The van der Waals surface area contributed by atoms with E-state index in [4.69, 9.17) is 17.0 Å². The van der Waals surface area contributed by atoms with Crippen molar-refractivity contribution in [1.29, 1.82) is 0 Å². The molecule has 8 heteroatoms. The van der Waals surface area contributed by atoms with Crippen LogP contribution in [-0.4, -0.2) is 58.5 Å². The molecule has 0 bridgehead atoms. The van der Waals surface area contributed by atoms with Crippen molar-refractivity contribution in [2.45, 2.75) is 13.3 Å². The van der Waals surface area contributed by atoms with E-state index in [0.717, 1.165) is 55.3 Å². The lowest BCUT2D eigenvalue weighted by Crippen LogP contribution is -2.51. The molecule has 4 rings (SSSR count). The number of nitrogens with zero attached hydrogens (tertiary/aromatic N) is 5. The van der Waals surface area contributed by atoms with Gasteiger partial charge >= 0.3 is 0 Å². The molecule has 0 amide bonds. The van der Waals surface area contributed by atoms with E-state index < -0.39 is 0 Å². The molecule has 2 aromatic rings. The van der Waals surface area contributed by atoms with Gasteiger partial charge in [0.25, 0.3) is 0 Å². The van der Waals surface area contributed by atoms with E-state index in [-0.39, 0.29) is 0 Å². The van der Waals surface area contributed by atoms with Crippen molar-refractivity contribution >= 4 is 28.7 Å². The summed E-state index contributed by atoms with van der Waals surface area (Å²) in [4.78, 5) is 13.0. The van der Waals surface area contributed by atoms with Gasteiger partial charge in [-0.15, -0.1) is 0 Å². The number of piperazine rings is 1. The van der Waals surface area contributed by atoms with Gasteiger partial charge in [-0.3, -0.25) is 15.4 Å². The van der Waals surface area contributed by atoms with Gasteiger partial charge in [0.2, 0.25) is 0 Å². The van der Waals surface area contributed by atoms with E-state index in [0.29, 0.717) is 11.7 Å². The average molecular weight is 382 g/mol. The highest BCUT2D eigenvalue weighted by atomic mass is 32.1. The zero-order valence-corrected chi connectivity index (χ0v) is 16.1. The lowest BCUT2D eigenvalue weighted by molar-refractivity contribution is 0.315. The van der Waals surface area contributed by atoms with Crippen LogP contribution in [-0.2, 0) is 0 Å². The normalized spacial score (nSPS) is 18.0. The minimum Gasteiger partial charge on any atom is -0.491 e. The van der Waals surface area contributed by atoms with Gasteiger partial charge in [-0.05, 0) is 42.9 Å². The Bertz CT molecular complexity index is 849. The summed E-state index contributed by atoms with van der Waals surface area (Å²) >= 11 is 5.55. The van der Waals surface area contributed by atoms with Crippen molar-refractivity contribution in [3.05, 3.63) is 48.0 Å². The summed E-state index contributed by atoms with van der Waals surface area (Å²) < 4.78 is 5.74. The summed E-state index contributed by atoms with van der Waals surface area (Å²) in [5, 5.41) is 5.19. The molecule has 7 nitrogen and oxygen atoms in total. The van der Waals surface area contributed by atoms with Crippen LogP contribution in [0, 0.1) is 6.92 Å². The number of pyridine rings is 2. The summed E-state index contributed by atoms with van der Waals surface area (Å²) in [6.07, 6.45) is 6.15. The van der Waals surface area contributed by atoms with Crippen molar-refractivity contribution < 1.29 is 4.74 Å². The number of hydrazone groups is 1. The monoisotopic (exact) mass is 382 g/mol. The maximum atomic E-state index is 5.74. The molecule has 2 aromatic heterocycles. The molecule has 4 heterocycles. The van der Waals surface area contributed by atoms with E-state index >= 15 is 0 Å². The molecule has 140 valence electrons. The third-order valence-electron chi connectivity index (χ3n) is 4.84. The van der Waals surface area contributed by atoms with Crippen molar-refractivity contribution in [3.63, 3.8) is 0 Å². The molecule has 0 radical (unpaired) electrons. The number of thiocarbonyl (C=S) groups is 1. The number of fused-ring (bicyclic) bond motifs is 1. The second-order valence-corrected chi connectivity index (χ2v) is 6.95. The fourth-order valence-electron chi connectivity index (χ4n) is 3.32. The Kier molecular flexibility index (Phi) is 5.15. The van der Waals surface area contributed by atoms with E-state index in [1.165, 1.54) is 5.69 Å². The zero-order chi connectivity index (χ0) is 18.6. The maximum absolute atomic E-state index is 5.74. The van der Waals surface area contributed by atoms with Crippen molar-refractivity contribution in [1.82, 2.24) is 20.3 Å². The Hall–Kier alpha value is -2.74. The van der Waals surface area contributed by atoms with Gasteiger partial charge in [0.15, 0.2) is 5.11 Å². The Balaban J connectivity index is 1.37. The predicted molar refractivity (Wildman–Crippen MR) is 109 cm³/mol. The molecule has 27 heavy (non-hydrogen) atoms. The Labute approximate surface area is 164 Å². The fourth-order valence-corrected chi connectivity index (χ4v) is 3.55. The molecule has 0 saturated carbocycles. The first kappa shape index (κ1) is 17.7. The van der Waals surface area contributed by atoms with Crippen LogP contribution in [0.4, 0.5) is 5.69 Å². The van der Waals surface area contributed by atoms with Gasteiger partial charge in [0, 0.05) is 56.9 Å². The van der Waals surface area contributed by atoms with E-state index in [1.807, 2.05) is 37.5 Å². The molecule has 2 aliphatic rings. The number of ether oxygens (including phenoxy) is 1. The fraction of sp³-hybridized carbons (Fsp3) is 0.368. The first-order chi connectivity index (χ1) is 13.2. The molecule has 1 fully saturated rings. The molecular formula is C19H22N6OS. The number of anilines is 1. The van der Waals surface area contributed by atoms with Crippen LogP contribution in [0.25, 0.3) is 0 Å². The number of nitrogens with one attached hydrogen (secondary N) is 1. The van der Waals surface area contributed by atoms with Gasteiger partial charge < -0.3 is 14.5 Å². The summed E-state index contributed by atoms with van der Waals surface area (Å²) in [7, 11) is 0. The van der Waals surface area contributed by atoms with Gasteiger partial charge in [-0.1, -0.05) is 0 Å². The third kappa shape index (κ3) is 3.85. The van der Waals surface area contributed by atoms with Crippen molar-refractivity contribution in [2.75, 3.05) is 37.7 Å². The molecule has 0 aromatic carbocycles. The van der Waals surface area contributed by atoms with Crippen LogP contribution in [0.5, 0.6) is 5.75 Å². The lowest BCUT2D eigenvalue weighted by Gasteiger charge is -2.36. The van der Waals surface area contributed by atoms with E-state index in [1.54, 1.807) is 6.20 Å². The van der Waals surface area contributed by atoms with Gasteiger partial charge in [0.1, 0.15) is 11.4 Å². The summed E-state index contributed by atoms with van der Waals surface area (Å²) in [5.41, 5.74) is 7.02. The molecular weight excluding hydrogens is 360 g/mol. The van der Waals surface area contributed by atoms with Crippen molar-refractivity contribution in [2.24, 2.45) is 5.10 Å². The molecule has 1 saturated heterocycles. The molecule has 1 N–H and O–H groups in total. The molecule has 0 atom stereocenters. The molecule has 0 aliphatic carbocycles. The molecule has 0 spiro atoms. The average Bonchev–Trinajstić information content (AvgIpc) is 2.73. The number of rotatable bonds is 2. The van der Waals surface area contributed by atoms with Crippen LogP contribution in [0.2, 0.25) is 0 Å². The summed E-state index contributed by atoms with van der Waals surface area (Å²) in [6.45, 7) is 6.17. The highest BCUT2D eigenvalue weighted by molar-refractivity contribution is 7.80. The van der Waals surface area contributed by atoms with Gasteiger partial charge in [0.05, 0.1) is 12.3 Å². The smallest absolute Gasteiger partial charge is 0.189 e. The number of hydrogen-bond donors (Lipinski definition) is 1. The molecule has 0 unspecified atom stereocenters. The minimum atomic E-state index is 0.609. The van der Waals surface area contributed by atoms with Gasteiger partial charge in [-0.2, -0.15) is 5.10 Å². The lowest BCUT2D eigenvalue weighted by atomic mass is 10.1. The highest BCUT2D eigenvalue weighted by Gasteiger charge is 2.22. The summed E-state index contributed by atoms with van der Waals surface area (Å²) in [6, 6.07) is 6.02. The van der Waals surface area contributed by atoms with Crippen LogP contribution in [0.3, 0.4) is 0 Å². The largest absolute Gasteiger partial charge is 0.491 e. The number of aromatic nitrogens is 2. The van der Waals surface area contributed by atoms with Crippen LogP contribution in [0.1, 0.15) is 17.7 Å². The second kappa shape index (κ2) is 7.87. The van der Waals surface area contributed by atoms with Crippen LogP contribution >= 0.6 is 12.2 Å². The minimum absolute atomic E-state index is 0.609. The highest BCUT2D eigenvalue weighted by Crippen LogP contribution is 2.26. The number of aryl methyl sites for hydroxylation is 1. The quantitative estimate of drug-likeness (QED) is 0.629. The van der Waals surface area contributed by atoms with Crippen LogP contribution < -0.4 is 15.1 Å². The maximum Gasteiger partial charge on any atom is 0.189 e. The van der Waals surface area contributed by atoms with Crippen LogP contribution in [0.15, 0.2) is 41.9 Å². The topological polar surface area (TPSA) is 65.9 Å². The first-order valence-corrected chi connectivity index (χ1v) is 9.48. The van der Waals surface area contributed by atoms with Gasteiger partial charge in [-0.25, -0.2) is 0 Å². The Morgan fingerprint density at radius 3 is 2.70 bits per heavy atom. The second-order valence-electron chi connectivity index (χ2n) is 6.56.